The lowest BCUT2D eigenvalue weighted by molar-refractivity contribution is -0.158. The van der Waals surface area contributed by atoms with E-state index in [9.17, 15) is 9.59 Å². The second kappa shape index (κ2) is 7.28. The van der Waals surface area contributed by atoms with Crippen LogP contribution in [0.3, 0.4) is 0 Å². The van der Waals surface area contributed by atoms with Gasteiger partial charge >= 0.3 is 0 Å². The first-order valence-electron chi connectivity index (χ1n) is 8.63. The number of hydrogen-bond donors (Lipinski definition) is 0. The van der Waals surface area contributed by atoms with Crippen LogP contribution < -0.4 is 0 Å². The van der Waals surface area contributed by atoms with Gasteiger partial charge in [-0.15, -0.1) is 0 Å². The Labute approximate surface area is 128 Å². The average molecular weight is 294 g/mol. The number of unbranched alkanes of at least 4 members (excludes halogenated alkanes) is 3. The first kappa shape index (κ1) is 16.3. The van der Waals surface area contributed by atoms with Gasteiger partial charge in [-0.3, -0.25) is 9.59 Å². The number of rotatable bonds is 7. The van der Waals surface area contributed by atoms with Crippen LogP contribution in [0.1, 0.15) is 65.7 Å². The molecule has 2 heterocycles. The quantitative estimate of drug-likeness (QED) is 0.677. The van der Waals surface area contributed by atoms with Gasteiger partial charge in [0.1, 0.15) is 12.1 Å². The van der Waals surface area contributed by atoms with E-state index in [2.05, 4.69) is 13.8 Å². The van der Waals surface area contributed by atoms with Gasteiger partial charge in [-0.05, 0) is 32.1 Å². The average Bonchev–Trinajstić information content (AvgIpc) is 2.92. The summed E-state index contributed by atoms with van der Waals surface area (Å²) in [7, 11) is 0. The van der Waals surface area contributed by atoms with Crippen LogP contribution in [0.15, 0.2) is 0 Å². The standard InChI is InChI=1S/C17H30N2O2/c1-13(2)9-6-4-5-7-11-18-14(3)16(20)19-12-8-10-15(19)17(18)21/h13-15H,4-12H2,1-3H3. The van der Waals surface area contributed by atoms with Gasteiger partial charge in [0.15, 0.2) is 0 Å². The van der Waals surface area contributed by atoms with Gasteiger partial charge in [0.25, 0.3) is 0 Å². The second-order valence-electron chi connectivity index (χ2n) is 6.99. The molecule has 120 valence electrons. The zero-order valence-electron chi connectivity index (χ0n) is 13.8. The predicted molar refractivity (Wildman–Crippen MR) is 83.8 cm³/mol. The van der Waals surface area contributed by atoms with Gasteiger partial charge in [-0.1, -0.05) is 39.5 Å². The van der Waals surface area contributed by atoms with Crippen molar-refractivity contribution in [2.45, 2.75) is 77.8 Å². The fraction of sp³-hybridized carbons (Fsp3) is 0.882. The monoisotopic (exact) mass is 294 g/mol. The maximum absolute atomic E-state index is 12.5. The molecule has 0 radical (unpaired) electrons. The molecular formula is C17H30N2O2. The summed E-state index contributed by atoms with van der Waals surface area (Å²) in [4.78, 5) is 28.4. The van der Waals surface area contributed by atoms with E-state index in [0.717, 1.165) is 44.7 Å². The van der Waals surface area contributed by atoms with Crippen LogP contribution in [0.25, 0.3) is 0 Å². The van der Waals surface area contributed by atoms with Crippen molar-refractivity contribution in [1.29, 1.82) is 0 Å². The van der Waals surface area contributed by atoms with E-state index in [0.29, 0.717) is 0 Å². The molecule has 21 heavy (non-hydrogen) atoms. The van der Waals surface area contributed by atoms with Crippen LogP contribution in [0.2, 0.25) is 0 Å². The molecule has 0 saturated carbocycles. The fourth-order valence-electron chi connectivity index (χ4n) is 3.53. The zero-order valence-corrected chi connectivity index (χ0v) is 13.8. The number of fused-ring (bicyclic) bond motifs is 1. The van der Waals surface area contributed by atoms with Crippen molar-refractivity contribution in [3.05, 3.63) is 0 Å². The number of nitrogens with zero attached hydrogens (tertiary/aromatic N) is 2. The summed E-state index contributed by atoms with van der Waals surface area (Å²) < 4.78 is 0. The topological polar surface area (TPSA) is 40.6 Å². The summed E-state index contributed by atoms with van der Waals surface area (Å²) >= 11 is 0. The molecule has 4 nitrogen and oxygen atoms in total. The van der Waals surface area contributed by atoms with Gasteiger partial charge < -0.3 is 9.80 Å². The molecule has 2 saturated heterocycles. The fourth-order valence-corrected chi connectivity index (χ4v) is 3.53. The molecule has 4 heteroatoms. The minimum Gasteiger partial charge on any atom is -0.329 e. The van der Waals surface area contributed by atoms with Crippen molar-refractivity contribution >= 4 is 11.8 Å². The van der Waals surface area contributed by atoms with Crippen molar-refractivity contribution in [2.75, 3.05) is 13.1 Å². The van der Waals surface area contributed by atoms with Crippen LogP contribution in [0.4, 0.5) is 0 Å². The van der Waals surface area contributed by atoms with E-state index in [1.165, 1.54) is 19.3 Å². The first-order chi connectivity index (χ1) is 10.0. The Kier molecular flexibility index (Phi) is 5.65. The molecule has 0 bridgehead atoms. The SMILES string of the molecule is CC(C)CCCCCCN1C(=O)C2CCCN2C(=O)C1C. The molecule has 2 atom stereocenters. The number of piperazine rings is 1. The van der Waals surface area contributed by atoms with Crippen molar-refractivity contribution in [3.63, 3.8) is 0 Å². The van der Waals surface area contributed by atoms with Crippen molar-refractivity contribution < 1.29 is 9.59 Å². The third-order valence-electron chi connectivity index (χ3n) is 4.86. The molecule has 0 aromatic carbocycles. The van der Waals surface area contributed by atoms with Gasteiger partial charge in [0.2, 0.25) is 11.8 Å². The smallest absolute Gasteiger partial charge is 0.246 e. The molecule has 0 N–H and O–H groups in total. The summed E-state index contributed by atoms with van der Waals surface area (Å²) in [5.41, 5.74) is 0. The Morgan fingerprint density at radius 2 is 1.81 bits per heavy atom. The highest BCUT2D eigenvalue weighted by Gasteiger charge is 2.45. The third-order valence-corrected chi connectivity index (χ3v) is 4.86. The summed E-state index contributed by atoms with van der Waals surface area (Å²) in [6.07, 6.45) is 7.79. The van der Waals surface area contributed by atoms with Crippen molar-refractivity contribution in [1.82, 2.24) is 9.80 Å². The number of hydrogen-bond acceptors (Lipinski definition) is 2. The summed E-state index contributed by atoms with van der Waals surface area (Å²) in [6.45, 7) is 7.91. The normalized spacial score (nSPS) is 25.9. The lowest BCUT2D eigenvalue weighted by atomic mass is 10.0. The first-order valence-corrected chi connectivity index (χ1v) is 8.63. The maximum atomic E-state index is 12.5. The Morgan fingerprint density at radius 1 is 1.10 bits per heavy atom. The minimum absolute atomic E-state index is 0.150. The molecule has 2 rings (SSSR count). The van der Waals surface area contributed by atoms with Crippen LogP contribution in [-0.4, -0.2) is 46.8 Å². The van der Waals surface area contributed by atoms with Crippen molar-refractivity contribution in [2.24, 2.45) is 5.92 Å². The number of carbonyl (C=O) groups excluding carboxylic acids is 2. The van der Waals surface area contributed by atoms with E-state index in [-0.39, 0.29) is 23.9 Å². The lowest BCUT2D eigenvalue weighted by Gasteiger charge is -2.41. The van der Waals surface area contributed by atoms with E-state index in [1.54, 1.807) is 4.90 Å². The highest BCUT2D eigenvalue weighted by Crippen LogP contribution is 2.27. The predicted octanol–water partition coefficient (Wildman–Crippen LogP) is 2.81. The summed E-state index contributed by atoms with van der Waals surface area (Å²) in [5.74, 6) is 1.11. The summed E-state index contributed by atoms with van der Waals surface area (Å²) in [6, 6.07) is -0.419. The van der Waals surface area contributed by atoms with E-state index >= 15 is 0 Å². The van der Waals surface area contributed by atoms with Crippen LogP contribution >= 0.6 is 0 Å². The van der Waals surface area contributed by atoms with Crippen LogP contribution in [-0.2, 0) is 9.59 Å². The van der Waals surface area contributed by atoms with Gasteiger partial charge in [0.05, 0.1) is 0 Å². The highest BCUT2D eigenvalue weighted by molar-refractivity contribution is 5.97. The van der Waals surface area contributed by atoms with E-state index in [1.807, 2.05) is 11.8 Å². The number of amides is 2. The Morgan fingerprint density at radius 3 is 2.52 bits per heavy atom. The minimum atomic E-state index is -0.262. The number of carbonyl (C=O) groups is 2. The molecular weight excluding hydrogens is 264 g/mol. The molecule has 2 aliphatic heterocycles. The summed E-state index contributed by atoms with van der Waals surface area (Å²) in [5, 5.41) is 0. The highest BCUT2D eigenvalue weighted by atomic mass is 16.2. The van der Waals surface area contributed by atoms with Crippen LogP contribution in [0.5, 0.6) is 0 Å². The van der Waals surface area contributed by atoms with E-state index in [4.69, 9.17) is 0 Å². The lowest BCUT2D eigenvalue weighted by Crippen LogP contribution is -2.61. The third kappa shape index (κ3) is 3.78. The Hall–Kier alpha value is -1.06. The molecule has 2 unspecified atom stereocenters. The molecule has 2 amide bonds. The van der Waals surface area contributed by atoms with Gasteiger partial charge in [-0.2, -0.15) is 0 Å². The molecule has 2 aliphatic rings. The van der Waals surface area contributed by atoms with Gasteiger partial charge in [-0.25, -0.2) is 0 Å². The maximum Gasteiger partial charge on any atom is 0.246 e. The largest absolute Gasteiger partial charge is 0.329 e. The molecule has 0 aromatic rings. The van der Waals surface area contributed by atoms with E-state index < -0.39 is 0 Å². The second-order valence-corrected chi connectivity index (χ2v) is 6.99. The Balaban J connectivity index is 1.77. The van der Waals surface area contributed by atoms with Crippen molar-refractivity contribution in [3.8, 4) is 0 Å². The molecule has 0 spiro atoms. The zero-order chi connectivity index (χ0) is 15.4. The van der Waals surface area contributed by atoms with Crippen LogP contribution in [0, 0.1) is 5.92 Å². The molecule has 2 fully saturated rings. The Bertz CT molecular complexity index is 381. The van der Waals surface area contributed by atoms with Gasteiger partial charge in [0, 0.05) is 13.1 Å². The molecule has 0 aromatic heterocycles. The molecule has 0 aliphatic carbocycles.